The Morgan fingerprint density at radius 1 is 1.43 bits per heavy atom. The molecule has 5 N–H and O–H groups in total. The highest BCUT2D eigenvalue weighted by molar-refractivity contribution is 5.72. The van der Waals surface area contributed by atoms with E-state index in [4.69, 9.17) is 5.73 Å². The van der Waals surface area contributed by atoms with Gasteiger partial charge in [0.15, 0.2) is 0 Å². The molecular formula is C12H15F3N2O4. The third-order valence-corrected chi connectivity index (χ3v) is 2.54. The molecule has 6 nitrogen and oxygen atoms in total. The number of nitrogen functional groups attached to an aromatic ring is 1. The second kappa shape index (κ2) is 6.64. The number of nitrogens with two attached hydrogens (primary N) is 1. The number of benzene rings is 1. The van der Waals surface area contributed by atoms with Gasteiger partial charge in [0.2, 0.25) is 5.91 Å². The van der Waals surface area contributed by atoms with Gasteiger partial charge in [-0.25, -0.2) is 0 Å². The number of halogens is 3. The van der Waals surface area contributed by atoms with E-state index in [1.165, 1.54) is 6.92 Å². The van der Waals surface area contributed by atoms with Crippen molar-refractivity contribution in [3.8, 4) is 5.75 Å². The van der Waals surface area contributed by atoms with Crippen LogP contribution < -0.4 is 15.8 Å². The number of ether oxygens (including phenoxy) is 1. The Bertz CT molecular complexity index is 508. The summed E-state index contributed by atoms with van der Waals surface area (Å²) in [5.74, 6) is -0.935. The molecule has 0 aliphatic carbocycles. The maximum atomic E-state index is 12.0. The van der Waals surface area contributed by atoms with Crippen LogP contribution in [0.25, 0.3) is 0 Å². The van der Waals surface area contributed by atoms with Gasteiger partial charge in [-0.3, -0.25) is 4.79 Å². The predicted molar refractivity (Wildman–Crippen MR) is 67.2 cm³/mol. The molecule has 0 saturated heterocycles. The van der Waals surface area contributed by atoms with E-state index in [1.807, 2.05) is 0 Å². The predicted octanol–water partition coefficient (Wildman–Crippen LogP) is 0.698. The maximum absolute atomic E-state index is 12.0. The third kappa shape index (κ3) is 5.48. The van der Waals surface area contributed by atoms with E-state index in [9.17, 15) is 28.2 Å². The van der Waals surface area contributed by atoms with E-state index >= 15 is 0 Å². The van der Waals surface area contributed by atoms with E-state index in [0.29, 0.717) is 0 Å². The number of amides is 1. The summed E-state index contributed by atoms with van der Waals surface area (Å²) in [5.41, 5.74) is 5.38. The molecule has 0 spiro atoms. The number of carbonyl (C=O) groups excluding carboxylic acids is 1. The minimum absolute atomic E-state index is 0.0300. The molecule has 0 radical (unpaired) electrons. The first kappa shape index (κ1) is 17.1. The molecule has 1 aromatic rings. The van der Waals surface area contributed by atoms with E-state index in [-0.39, 0.29) is 17.8 Å². The number of nitrogens with one attached hydrogen (secondary N) is 1. The Hall–Kier alpha value is -2.00. The lowest BCUT2D eigenvalue weighted by Gasteiger charge is -2.20. The lowest BCUT2D eigenvalue weighted by Crippen LogP contribution is -2.34. The number of aliphatic hydroxyl groups excluding tert-OH is 2. The number of aliphatic hydroxyl groups is 2. The Morgan fingerprint density at radius 3 is 2.52 bits per heavy atom. The zero-order valence-electron chi connectivity index (χ0n) is 11.0. The molecule has 2 unspecified atom stereocenters. The van der Waals surface area contributed by atoms with Crippen molar-refractivity contribution in [2.45, 2.75) is 25.5 Å². The SMILES string of the molecule is CC(=O)NCC(O)C(O)c1ccc(OC(F)(F)F)cc1N. The summed E-state index contributed by atoms with van der Waals surface area (Å²) >= 11 is 0. The minimum atomic E-state index is -4.85. The average Bonchev–Trinajstić information content (AvgIpc) is 2.33. The van der Waals surface area contributed by atoms with Gasteiger partial charge < -0.3 is 26.0 Å². The van der Waals surface area contributed by atoms with E-state index < -0.39 is 30.2 Å². The average molecular weight is 308 g/mol. The molecule has 0 aliphatic heterocycles. The molecule has 21 heavy (non-hydrogen) atoms. The van der Waals surface area contributed by atoms with Crippen LogP contribution in [0.5, 0.6) is 5.75 Å². The number of carbonyl (C=O) groups is 1. The molecule has 0 heterocycles. The standard InChI is InChI=1S/C12H15F3N2O4/c1-6(18)17-5-10(19)11(20)8-3-2-7(4-9(8)16)21-12(13,14)15/h2-4,10-11,19-20H,5,16H2,1H3,(H,17,18). The number of rotatable bonds is 5. The van der Waals surface area contributed by atoms with Gasteiger partial charge in [-0.2, -0.15) is 0 Å². The van der Waals surface area contributed by atoms with Crippen molar-refractivity contribution >= 4 is 11.6 Å². The number of hydrogen-bond donors (Lipinski definition) is 4. The van der Waals surface area contributed by atoms with Gasteiger partial charge in [-0.05, 0) is 6.07 Å². The van der Waals surface area contributed by atoms with Crippen molar-refractivity contribution in [2.75, 3.05) is 12.3 Å². The van der Waals surface area contributed by atoms with E-state index in [2.05, 4.69) is 10.1 Å². The van der Waals surface area contributed by atoms with E-state index in [1.54, 1.807) is 0 Å². The summed E-state index contributed by atoms with van der Waals surface area (Å²) < 4.78 is 39.8. The van der Waals surface area contributed by atoms with Crippen LogP contribution in [-0.2, 0) is 4.79 Å². The first-order chi connectivity index (χ1) is 9.60. The van der Waals surface area contributed by atoms with Crippen LogP contribution in [0.1, 0.15) is 18.6 Å². The van der Waals surface area contributed by atoms with Crippen molar-refractivity contribution in [3.63, 3.8) is 0 Å². The first-order valence-electron chi connectivity index (χ1n) is 5.86. The number of anilines is 1. The Labute approximate surface area is 118 Å². The molecule has 0 aliphatic rings. The van der Waals surface area contributed by atoms with Crippen molar-refractivity contribution in [2.24, 2.45) is 0 Å². The van der Waals surface area contributed by atoms with Crippen molar-refractivity contribution in [1.82, 2.24) is 5.32 Å². The van der Waals surface area contributed by atoms with Crippen molar-refractivity contribution in [3.05, 3.63) is 23.8 Å². The topological polar surface area (TPSA) is 105 Å². The maximum Gasteiger partial charge on any atom is 0.573 e. The van der Waals surface area contributed by atoms with Gasteiger partial charge in [0.1, 0.15) is 18.0 Å². The lowest BCUT2D eigenvalue weighted by molar-refractivity contribution is -0.274. The molecule has 0 fully saturated rings. The van der Waals surface area contributed by atoms with Crippen LogP contribution >= 0.6 is 0 Å². The molecule has 2 atom stereocenters. The smallest absolute Gasteiger partial charge is 0.406 e. The van der Waals surface area contributed by atoms with Crippen LogP contribution in [0.3, 0.4) is 0 Å². The summed E-state index contributed by atoms with van der Waals surface area (Å²) in [7, 11) is 0. The second-order valence-corrected chi connectivity index (χ2v) is 4.29. The monoisotopic (exact) mass is 308 g/mol. The van der Waals surface area contributed by atoms with Gasteiger partial charge >= 0.3 is 6.36 Å². The number of hydrogen-bond acceptors (Lipinski definition) is 5. The molecule has 0 aromatic heterocycles. The van der Waals surface area contributed by atoms with Crippen molar-refractivity contribution < 1.29 is 32.9 Å². The summed E-state index contributed by atoms with van der Waals surface area (Å²) in [4.78, 5) is 10.7. The summed E-state index contributed by atoms with van der Waals surface area (Å²) in [5, 5.41) is 21.8. The van der Waals surface area contributed by atoms with Gasteiger partial charge in [0, 0.05) is 30.8 Å². The highest BCUT2D eigenvalue weighted by Crippen LogP contribution is 2.30. The largest absolute Gasteiger partial charge is 0.573 e. The van der Waals surface area contributed by atoms with Gasteiger partial charge in [0.05, 0.1) is 0 Å². The fourth-order valence-electron chi connectivity index (χ4n) is 1.59. The number of alkyl halides is 3. The van der Waals surface area contributed by atoms with Crippen LogP contribution in [0.15, 0.2) is 18.2 Å². The molecule has 1 rings (SSSR count). The highest BCUT2D eigenvalue weighted by atomic mass is 19.4. The molecule has 1 amide bonds. The quantitative estimate of drug-likeness (QED) is 0.599. The van der Waals surface area contributed by atoms with Gasteiger partial charge in [-0.1, -0.05) is 6.07 Å². The Kier molecular flexibility index (Phi) is 5.39. The molecule has 0 bridgehead atoms. The molecule has 9 heteroatoms. The normalized spacial score (nSPS) is 14.4. The van der Waals surface area contributed by atoms with Gasteiger partial charge in [0.25, 0.3) is 0 Å². The first-order valence-corrected chi connectivity index (χ1v) is 5.86. The minimum Gasteiger partial charge on any atom is -0.406 e. The third-order valence-electron chi connectivity index (χ3n) is 2.54. The second-order valence-electron chi connectivity index (χ2n) is 4.29. The molecule has 118 valence electrons. The van der Waals surface area contributed by atoms with Crippen LogP contribution in [-0.4, -0.2) is 35.1 Å². The lowest BCUT2D eigenvalue weighted by atomic mass is 10.0. The Morgan fingerprint density at radius 2 is 2.05 bits per heavy atom. The van der Waals surface area contributed by atoms with Gasteiger partial charge in [-0.15, -0.1) is 13.2 Å². The molecule has 0 saturated carbocycles. The Balaban J connectivity index is 2.81. The van der Waals surface area contributed by atoms with E-state index in [0.717, 1.165) is 18.2 Å². The fourth-order valence-corrected chi connectivity index (χ4v) is 1.59. The zero-order valence-corrected chi connectivity index (χ0v) is 11.0. The van der Waals surface area contributed by atoms with Crippen LogP contribution in [0.4, 0.5) is 18.9 Å². The molecular weight excluding hydrogens is 293 g/mol. The van der Waals surface area contributed by atoms with Crippen LogP contribution in [0, 0.1) is 0 Å². The summed E-state index contributed by atoms with van der Waals surface area (Å²) in [6.07, 6.45) is -7.67. The highest BCUT2D eigenvalue weighted by Gasteiger charge is 2.31. The molecule has 1 aromatic carbocycles. The summed E-state index contributed by atoms with van der Waals surface area (Å²) in [6, 6.07) is 2.96. The van der Waals surface area contributed by atoms with Crippen LogP contribution in [0.2, 0.25) is 0 Å². The zero-order chi connectivity index (χ0) is 16.2. The van der Waals surface area contributed by atoms with Crippen molar-refractivity contribution in [1.29, 1.82) is 0 Å². The summed E-state index contributed by atoms with van der Waals surface area (Å²) in [6.45, 7) is 1.01. The fraction of sp³-hybridized carbons (Fsp3) is 0.417.